The molecule has 2 aliphatic carbocycles. The summed E-state index contributed by atoms with van der Waals surface area (Å²) in [5.41, 5.74) is 0.583. The second kappa shape index (κ2) is 6.62. The lowest BCUT2D eigenvalue weighted by Crippen LogP contribution is -2.42. The van der Waals surface area contributed by atoms with E-state index < -0.39 is 0 Å². The fraction of sp³-hybridized carbons (Fsp3) is 0.348. The van der Waals surface area contributed by atoms with Crippen molar-refractivity contribution >= 4 is 52.2 Å². The minimum Gasteiger partial charge on any atom is -0.469 e. The first-order chi connectivity index (χ1) is 15.5. The quantitative estimate of drug-likeness (QED) is 0.546. The highest BCUT2D eigenvalue weighted by Crippen LogP contribution is 2.68. The molecule has 7 rings (SSSR count). The van der Waals surface area contributed by atoms with Gasteiger partial charge in [-0.25, -0.2) is 0 Å². The number of benzene rings is 1. The van der Waals surface area contributed by atoms with E-state index in [0.717, 1.165) is 22.1 Å². The van der Waals surface area contributed by atoms with Crippen molar-refractivity contribution < 1.29 is 14.0 Å². The standard InChI is InChI=1S/C23H17ClN2O4S2/c24-9-3-5-10(6-4-9)26-21(27)15-11-8-12(16(15)22(26)28)18-14(11)17(13-2-1-7-30-13)19-20(31-18)25-23(29)32-19/h1-7,11-12,14-18H,8H2,(H,25,29)/t11-,12+,14+,15+,16+,17+,18+/m0/s1. The lowest BCUT2D eigenvalue weighted by molar-refractivity contribution is -0.123. The van der Waals surface area contributed by atoms with E-state index in [1.807, 2.05) is 12.1 Å². The van der Waals surface area contributed by atoms with E-state index in [-0.39, 0.29) is 57.4 Å². The van der Waals surface area contributed by atoms with Crippen LogP contribution in [0.3, 0.4) is 0 Å². The number of aromatic nitrogens is 1. The molecule has 4 aliphatic rings. The molecule has 3 fully saturated rings. The first-order valence-electron chi connectivity index (χ1n) is 10.6. The van der Waals surface area contributed by atoms with Crippen molar-refractivity contribution in [2.75, 3.05) is 4.90 Å². The minimum atomic E-state index is -0.320. The van der Waals surface area contributed by atoms with Crippen LogP contribution < -0.4 is 9.77 Å². The molecular formula is C23H17ClN2O4S2. The van der Waals surface area contributed by atoms with Gasteiger partial charge in [-0.2, -0.15) is 0 Å². The number of hydrogen-bond donors (Lipinski definition) is 1. The van der Waals surface area contributed by atoms with Crippen molar-refractivity contribution in [2.45, 2.75) is 22.6 Å². The molecule has 2 saturated carbocycles. The van der Waals surface area contributed by atoms with Crippen LogP contribution in [0.5, 0.6) is 0 Å². The number of carbonyl (C=O) groups excluding carboxylic acids is 2. The number of hydrogen-bond acceptors (Lipinski definition) is 6. The maximum absolute atomic E-state index is 13.6. The molecule has 2 bridgehead atoms. The van der Waals surface area contributed by atoms with Crippen molar-refractivity contribution in [1.29, 1.82) is 0 Å². The summed E-state index contributed by atoms with van der Waals surface area (Å²) in [5, 5.41) is 1.62. The largest absolute Gasteiger partial charge is 0.469 e. The SMILES string of the molecule is O=C1[C@@H]2[C@H]3C[C@@H]([C@H]4Sc5[nH]c(=O)sc5[C@H](c5ccco5)[C@@H]34)[C@H]2C(=O)N1c1ccc(Cl)cc1. The zero-order valence-electron chi connectivity index (χ0n) is 16.6. The Labute approximate surface area is 195 Å². The van der Waals surface area contributed by atoms with E-state index in [4.69, 9.17) is 16.0 Å². The van der Waals surface area contributed by atoms with Crippen molar-refractivity contribution in [3.05, 3.63) is 68.0 Å². The van der Waals surface area contributed by atoms with Crippen LogP contribution in [-0.2, 0) is 9.59 Å². The summed E-state index contributed by atoms with van der Waals surface area (Å²) in [7, 11) is 0. The van der Waals surface area contributed by atoms with Gasteiger partial charge in [0, 0.05) is 10.3 Å². The number of nitrogens with one attached hydrogen (secondary N) is 1. The molecule has 4 heterocycles. The van der Waals surface area contributed by atoms with Crippen molar-refractivity contribution in [3.63, 3.8) is 0 Å². The van der Waals surface area contributed by atoms with Gasteiger partial charge in [-0.05, 0) is 60.6 Å². The van der Waals surface area contributed by atoms with Crippen LogP contribution >= 0.6 is 34.7 Å². The van der Waals surface area contributed by atoms with E-state index >= 15 is 0 Å². The molecule has 2 aliphatic heterocycles. The Morgan fingerprint density at radius 3 is 2.50 bits per heavy atom. The van der Waals surface area contributed by atoms with Crippen LogP contribution in [0.2, 0.25) is 5.02 Å². The van der Waals surface area contributed by atoms with E-state index in [0.29, 0.717) is 10.7 Å². The fourth-order valence-electron chi connectivity index (χ4n) is 6.65. The van der Waals surface area contributed by atoms with Crippen LogP contribution in [0.25, 0.3) is 0 Å². The van der Waals surface area contributed by atoms with Gasteiger partial charge in [-0.1, -0.05) is 22.9 Å². The second-order valence-corrected chi connectivity index (χ2v) is 11.6. The lowest BCUT2D eigenvalue weighted by atomic mass is 9.69. The Kier molecular flexibility index (Phi) is 3.97. The van der Waals surface area contributed by atoms with Gasteiger partial charge in [0.05, 0.1) is 39.6 Å². The average molecular weight is 485 g/mol. The van der Waals surface area contributed by atoms with E-state index in [9.17, 15) is 14.4 Å². The third-order valence-corrected chi connectivity index (χ3v) is 10.5. The fourth-order valence-corrected chi connectivity index (χ4v) is 9.64. The number of halogens is 1. The number of thioether (sulfide) groups is 1. The van der Waals surface area contributed by atoms with Crippen LogP contribution in [0, 0.1) is 29.6 Å². The molecule has 3 aromatic rings. The van der Waals surface area contributed by atoms with Gasteiger partial charge in [0.15, 0.2) is 0 Å². The molecular weight excluding hydrogens is 468 g/mol. The Hall–Kier alpha value is -2.29. The molecule has 0 unspecified atom stereocenters. The van der Waals surface area contributed by atoms with Crippen LogP contribution in [0.1, 0.15) is 23.0 Å². The zero-order valence-corrected chi connectivity index (χ0v) is 19.0. The minimum absolute atomic E-state index is 0.0707. The molecule has 2 aromatic heterocycles. The van der Waals surface area contributed by atoms with Gasteiger partial charge in [-0.3, -0.25) is 19.3 Å². The second-order valence-electron chi connectivity index (χ2n) is 8.96. The maximum Gasteiger partial charge on any atom is 0.305 e. The molecule has 2 amide bonds. The number of amides is 2. The molecule has 6 nitrogen and oxygen atoms in total. The number of furan rings is 1. The number of carbonyl (C=O) groups is 2. The van der Waals surface area contributed by atoms with Crippen molar-refractivity contribution in [1.82, 2.24) is 4.98 Å². The summed E-state index contributed by atoms with van der Waals surface area (Å²) in [6.45, 7) is 0. The van der Waals surface area contributed by atoms with Crippen LogP contribution in [0.15, 0.2) is 56.9 Å². The summed E-state index contributed by atoms with van der Waals surface area (Å²) in [6.07, 6.45) is 2.52. The van der Waals surface area contributed by atoms with Gasteiger partial charge in [0.2, 0.25) is 11.8 Å². The summed E-state index contributed by atoms with van der Waals surface area (Å²) in [4.78, 5) is 44.5. The lowest BCUT2D eigenvalue weighted by Gasteiger charge is -2.42. The molecule has 1 aromatic carbocycles. The molecule has 1 N–H and O–H groups in total. The number of anilines is 1. The highest BCUT2D eigenvalue weighted by Gasteiger charge is 2.70. The third-order valence-electron chi connectivity index (χ3n) is 7.66. The number of nitrogens with zero attached hydrogens (tertiary/aromatic N) is 1. The Balaban J connectivity index is 1.32. The first kappa shape index (κ1) is 19.2. The van der Waals surface area contributed by atoms with Gasteiger partial charge >= 0.3 is 4.87 Å². The molecule has 0 radical (unpaired) electrons. The van der Waals surface area contributed by atoms with E-state index in [1.165, 1.54) is 16.2 Å². The number of fused-ring (bicyclic) bond motifs is 9. The summed E-state index contributed by atoms with van der Waals surface area (Å²) >= 11 is 8.92. The van der Waals surface area contributed by atoms with Crippen LogP contribution in [-0.4, -0.2) is 22.0 Å². The highest BCUT2D eigenvalue weighted by molar-refractivity contribution is 8.00. The highest BCUT2D eigenvalue weighted by atomic mass is 35.5. The molecule has 162 valence electrons. The number of rotatable bonds is 2. The smallest absolute Gasteiger partial charge is 0.305 e. The first-order valence-corrected chi connectivity index (χ1v) is 12.7. The van der Waals surface area contributed by atoms with Gasteiger partial charge < -0.3 is 9.40 Å². The van der Waals surface area contributed by atoms with Crippen molar-refractivity contribution in [3.8, 4) is 0 Å². The summed E-state index contributed by atoms with van der Waals surface area (Å²) in [6, 6.07) is 10.7. The number of aromatic amines is 1. The summed E-state index contributed by atoms with van der Waals surface area (Å²) < 4.78 is 5.82. The third kappa shape index (κ3) is 2.40. The van der Waals surface area contributed by atoms with Gasteiger partial charge in [0.25, 0.3) is 0 Å². The zero-order chi connectivity index (χ0) is 21.7. The molecule has 9 heteroatoms. The van der Waals surface area contributed by atoms with E-state index in [1.54, 1.807) is 42.3 Å². The van der Waals surface area contributed by atoms with Crippen LogP contribution in [0.4, 0.5) is 5.69 Å². The topological polar surface area (TPSA) is 83.4 Å². The normalized spacial score (nSPS) is 34.7. The summed E-state index contributed by atoms with van der Waals surface area (Å²) in [5.74, 6) is 0.252. The Bertz CT molecular complexity index is 1310. The molecule has 1 saturated heterocycles. The van der Waals surface area contributed by atoms with Gasteiger partial charge in [-0.15, -0.1) is 11.8 Å². The number of thiazole rings is 1. The predicted molar refractivity (Wildman–Crippen MR) is 121 cm³/mol. The molecule has 0 spiro atoms. The Morgan fingerprint density at radius 2 is 1.78 bits per heavy atom. The number of H-pyrrole nitrogens is 1. The predicted octanol–water partition coefficient (Wildman–Crippen LogP) is 4.36. The van der Waals surface area contributed by atoms with Crippen molar-refractivity contribution in [2.24, 2.45) is 29.6 Å². The molecule has 32 heavy (non-hydrogen) atoms. The Morgan fingerprint density at radius 1 is 1.03 bits per heavy atom. The van der Waals surface area contributed by atoms with Gasteiger partial charge in [0.1, 0.15) is 5.76 Å². The average Bonchev–Trinajstić information content (AvgIpc) is 3.57. The molecule has 7 atom stereocenters. The van der Waals surface area contributed by atoms with E-state index in [2.05, 4.69) is 4.98 Å². The monoisotopic (exact) mass is 484 g/mol. The maximum atomic E-state index is 13.6. The number of imide groups is 1.